The number of amides is 1. The predicted octanol–water partition coefficient (Wildman–Crippen LogP) is 3.20. The zero-order valence-electron chi connectivity index (χ0n) is 14.7. The molecular formula is C18H21NO5S2. The number of sulfone groups is 1. The molecule has 0 aliphatic carbocycles. The summed E-state index contributed by atoms with van der Waals surface area (Å²) in [5.74, 6) is -1.61. The third-order valence-electron chi connectivity index (χ3n) is 4.32. The molecule has 0 radical (unpaired) electrons. The zero-order chi connectivity index (χ0) is 19.5. The van der Waals surface area contributed by atoms with Crippen molar-refractivity contribution in [1.82, 2.24) is 5.32 Å². The van der Waals surface area contributed by atoms with Crippen LogP contribution >= 0.6 is 11.3 Å². The van der Waals surface area contributed by atoms with E-state index in [4.69, 9.17) is 5.11 Å². The number of benzene rings is 1. The Kier molecular flexibility index (Phi) is 5.87. The van der Waals surface area contributed by atoms with Crippen LogP contribution in [-0.4, -0.2) is 30.9 Å². The van der Waals surface area contributed by atoms with E-state index in [1.807, 2.05) is 13.8 Å². The number of aliphatic carboxylic acids is 1. The van der Waals surface area contributed by atoms with Crippen LogP contribution in [-0.2, 0) is 14.6 Å². The second kappa shape index (κ2) is 7.59. The van der Waals surface area contributed by atoms with Gasteiger partial charge in [-0.05, 0) is 37.1 Å². The summed E-state index contributed by atoms with van der Waals surface area (Å²) in [6, 6.07) is 10.8. The number of carboxylic acids is 1. The van der Waals surface area contributed by atoms with Crippen LogP contribution in [0.2, 0.25) is 0 Å². The summed E-state index contributed by atoms with van der Waals surface area (Å²) in [6.45, 7) is 5.31. The molecule has 26 heavy (non-hydrogen) atoms. The first-order valence-corrected chi connectivity index (χ1v) is 10.3. The van der Waals surface area contributed by atoms with Crippen LogP contribution in [0.15, 0.2) is 51.6 Å². The van der Waals surface area contributed by atoms with E-state index in [1.54, 1.807) is 25.1 Å². The normalized spacial score (nSPS) is 14.0. The van der Waals surface area contributed by atoms with Gasteiger partial charge in [0.05, 0.1) is 21.7 Å². The van der Waals surface area contributed by atoms with Gasteiger partial charge in [-0.25, -0.2) is 8.42 Å². The predicted molar refractivity (Wildman–Crippen MR) is 99.2 cm³/mol. The summed E-state index contributed by atoms with van der Waals surface area (Å²) in [5.41, 5.74) is -0.939. The van der Waals surface area contributed by atoms with Gasteiger partial charge in [0.1, 0.15) is 4.21 Å². The van der Waals surface area contributed by atoms with Crippen molar-refractivity contribution in [3.63, 3.8) is 0 Å². The van der Waals surface area contributed by atoms with Crippen LogP contribution in [0.4, 0.5) is 0 Å². The first-order valence-electron chi connectivity index (χ1n) is 8.00. The minimum absolute atomic E-state index is 0.0679. The van der Waals surface area contributed by atoms with E-state index in [2.05, 4.69) is 5.32 Å². The lowest BCUT2D eigenvalue weighted by Gasteiger charge is -2.33. The molecule has 0 aliphatic rings. The number of hydrogen-bond donors (Lipinski definition) is 2. The molecule has 1 aromatic heterocycles. The summed E-state index contributed by atoms with van der Waals surface area (Å²) in [6.07, 6.45) is -0.225. The molecule has 0 fully saturated rings. The maximum Gasteiger partial charge on any atom is 0.305 e. The number of carbonyl (C=O) groups excluding carboxylic acids is 1. The lowest BCUT2D eigenvalue weighted by atomic mass is 9.85. The largest absolute Gasteiger partial charge is 0.481 e. The van der Waals surface area contributed by atoms with Crippen LogP contribution in [0.1, 0.15) is 36.9 Å². The van der Waals surface area contributed by atoms with Crippen LogP contribution in [0.5, 0.6) is 0 Å². The standard InChI is InChI=1S/C18H21NO5S2/c1-12(2)18(3,11-15(20)21)19-17(22)14-9-10-16(25-14)26(23,24)13-7-5-4-6-8-13/h4-10,12H,11H2,1-3H3,(H,19,22)(H,20,21). The van der Waals surface area contributed by atoms with E-state index in [0.717, 1.165) is 11.3 Å². The number of hydrogen-bond acceptors (Lipinski definition) is 5. The Morgan fingerprint density at radius 2 is 1.77 bits per heavy atom. The van der Waals surface area contributed by atoms with E-state index in [1.165, 1.54) is 24.3 Å². The Balaban J connectivity index is 2.26. The molecule has 1 heterocycles. The van der Waals surface area contributed by atoms with Gasteiger partial charge in [0.25, 0.3) is 5.91 Å². The van der Waals surface area contributed by atoms with E-state index in [0.29, 0.717) is 0 Å². The molecule has 6 nitrogen and oxygen atoms in total. The van der Waals surface area contributed by atoms with Gasteiger partial charge in [0.2, 0.25) is 9.84 Å². The molecule has 8 heteroatoms. The van der Waals surface area contributed by atoms with E-state index >= 15 is 0 Å². The maximum atomic E-state index is 12.6. The number of rotatable bonds is 7. The van der Waals surface area contributed by atoms with Gasteiger partial charge in [-0.2, -0.15) is 0 Å². The minimum atomic E-state index is -3.69. The number of nitrogens with one attached hydrogen (secondary N) is 1. The summed E-state index contributed by atoms with van der Waals surface area (Å²) in [5, 5.41) is 11.8. The third kappa shape index (κ3) is 4.31. The average molecular weight is 396 g/mol. The summed E-state index contributed by atoms with van der Waals surface area (Å²) < 4.78 is 25.3. The molecule has 2 N–H and O–H groups in total. The number of carbonyl (C=O) groups is 2. The van der Waals surface area contributed by atoms with Crippen molar-refractivity contribution < 1.29 is 23.1 Å². The lowest BCUT2D eigenvalue weighted by Crippen LogP contribution is -2.51. The van der Waals surface area contributed by atoms with E-state index in [-0.39, 0.29) is 26.3 Å². The Morgan fingerprint density at radius 1 is 1.15 bits per heavy atom. The fourth-order valence-electron chi connectivity index (χ4n) is 2.33. The van der Waals surface area contributed by atoms with Crippen molar-refractivity contribution in [2.24, 2.45) is 5.92 Å². The highest BCUT2D eigenvalue weighted by atomic mass is 32.2. The van der Waals surface area contributed by atoms with Crippen molar-refractivity contribution in [1.29, 1.82) is 0 Å². The minimum Gasteiger partial charge on any atom is -0.481 e. The summed E-state index contributed by atoms with van der Waals surface area (Å²) >= 11 is 0.867. The van der Waals surface area contributed by atoms with Crippen molar-refractivity contribution in [3.8, 4) is 0 Å². The van der Waals surface area contributed by atoms with Crippen molar-refractivity contribution >= 4 is 33.1 Å². The zero-order valence-corrected chi connectivity index (χ0v) is 16.4. The molecule has 1 amide bonds. The second-order valence-electron chi connectivity index (χ2n) is 6.53. The Morgan fingerprint density at radius 3 is 2.31 bits per heavy atom. The smallest absolute Gasteiger partial charge is 0.305 e. The Labute approximate surface area is 156 Å². The maximum absolute atomic E-state index is 12.6. The molecule has 0 spiro atoms. The topological polar surface area (TPSA) is 101 Å². The van der Waals surface area contributed by atoms with Gasteiger partial charge in [0, 0.05) is 0 Å². The Bertz CT molecular complexity index is 903. The molecule has 0 aliphatic heterocycles. The van der Waals surface area contributed by atoms with Crippen LogP contribution in [0.25, 0.3) is 0 Å². The van der Waals surface area contributed by atoms with Crippen LogP contribution < -0.4 is 5.32 Å². The average Bonchev–Trinajstić information content (AvgIpc) is 3.05. The molecule has 140 valence electrons. The van der Waals surface area contributed by atoms with Crippen LogP contribution in [0.3, 0.4) is 0 Å². The van der Waals surface area contributed by atoms with Gasteiger partial charge in [0.15, 0.2) is 0 Å². The Hall–Kier alpha value is -2.19. The van der Waals surface area contributed by atoms with Gasteiger partial charge >= 0.3 is 5.97 Å². The van der Waals surface area contributed by atoms with Crippen LogP contribution in [0, 0.1) is 5.92 Å². The molecular weight excluding hydrogens is 374 g/mol. The number of thiophene rings is 1. The van der Waals surface area contributed by atoms with Crippen molar-refractivity contribution in [2.45, 2.75) is 41.8 Å². The molecule has 1 aromatic carbocycles. The first-order chi connectivity index (χ1) is 12.1. The SMILES string of the molecule is CC(C)C(C)(CC(=O)O)NC(=O)c1ccc(S(=O)(=O)c2ccccc2)s1. The highest BCUT2D eigenvalue weighted by Crippen LogP contribution is 2.29. The molecule has 1 unspecified atom stereocenters. The monoisotopic (exact) mass is 395 g/mol. The van der Waals surface area contributed by atoms with Gasteiger partial charge in [-0.1, -0.05) is 32.0 Å². The fourth-order valence-corrected chi connectivity index (χ4v) is 4.95. The summed E-state index contributed by atoms with van der Waals surface area (Å²) in [7, 11) is -3.69. The number of carboxylic acid groups (broad SMARTS) is 1. The van der Waals surface area contributed by atoms with E-state index < -0.39 is 27.3 Å². The quantitative estimate of drug-likeness (QED) is 0.750. The first kappa shape index (κ1) is 20.1. The molecule has 0 bridgehead atoms. The molecule has 0 saturated carbocycles. The molecule has 1 atom stereocenters. The summed E-state index contributed by atoms with van der Waals surface area (Å²) in [4.78, 5) is 24.0. The molecule has 2 rings (SSSR count). The highest BCUT2D eigenvalue weighted by Gasteiger charge is 2.33. The fraction of sp³-hybridized carbons (Fsp3) is 0.333. The molecule has 2 aromatic rings. The van der Waals surface area contributed by atoms with Crippen molar-refractivity contribution in [3.05, 3.63) is 47.3 Å². The lowest BCUT2D eigenvalue weighted by molar-refractivity contribution is -0.138. The highest BCUT2D eigenvalue weighted by molar-refractivity contribution is 7.93. The third-order valence-corrected chi connectivity index (χ3v) is 7.66. The van der Waals surface area contributed by atoms with Gasteiger partial charge < -0.3 is 10.4 Å². The van der Waals surface area contributed by atoms with Crippen molar-refractivity contribution in [2.75, 3.05) is 0 Å². The van der Waals surface area contributed by atoms with Gasteiger partial charge in [-0.15, -0.1) is 11.3 Å². The molecule has 0 saturated heterocycles. The van der Waals surface area contributed by atoms with E-state index in [9.17, 15) is 18.0 Å². The van der Waals surface area contributed by atoms with Gasteiger partial charge in [-0.3, -0.25) is 9.59 Å². The second-order valence-corrected chi connectivity index (χ2v) is 9.79.